The molecule has 0 heterocycles. The number of hydrogen-bond acceptors (Lipinski definition) is 4. The van der Waals surface area contributed by atoms with Crippen LogP contribution in [0.5, 0.6) is 17.2 Å². The van der Waals surface area contributed by atoms with Crippen molar-refractivity contribution in [3.8, 4) is 17.2 Å². The van der Waals surface area contributed by atoms with E-state index < -0.39 is 28.0 Å². The van der Waals surface area contributed by atoms with E-state index in [1.54, 1.807) is 0 Å². The van der Waals surface area contributed by atoms with E-state index in [0.717, 1.165) is 6.07 Å². The summed E-state index contributed by atoms with van der Waals surface area (Å²) >= 11 is 0. The maximum absolute atomic E-state index is 13.6. The number of aromatic hydroxyl groups is 1. The van der Waals surface area contributed by atoms with Gasteiger partial charge in [-0.25, -0.2) is 4.39 Å². The highest BCUT2D eigenvalue weighted by Gasteiger charge is 2.24. The first-order chi connectivity index (χ1) is 9.00. The van der Waals surface area contributed by atoms with Crippen LogP contribution in [0.25, 0.3) is 0 Å². The minimum absolute atomic E-state index is 0.213. The molecule has 0 aliphatic carbocycles. The Labute approximate surface area is 105 Å². The largest absolute Gasteiger partial charge is 0.504 e. The molecule has 2 rings (SSSR count). The van der Waals surface area contributed by atoms with E-state index in [9.17, 15) is 24.0 Å². The molecule has 7 heteroatoms. The lowest BCUT2D eigenvalue weighted by Crippen LogP contribution is -1.98. The van der Waals surface area contributed by atoms with E-state index in [-0.39, 0.29) is 11.5 Å². The number of hydrogen-bond donors (Lipinski definition) is 1. The number of nitro benzene ring substituents is 1. The van der Waals surface area contributed by atoms with E-state index in [1.165, 1.54) is 24.3 Å². The minimum Gasteiger partial charge on any atom is -0.504 e. The van der Waals surface area contributed by atoms with Crippen molar-refractivity contribution < 1.29 is 23.5 Å². The number of phenols is 1. The Hall–Kier alpha value is -2.70. The van der Waals surface area contributed by atoms with Gasteiger partial charge in [-0.2, -0.15) is 4.39 Å². The van der Waals surface area contributed by atoms with Gasteiger partial charge in [-0.05, 0) is 18.2 Å². The molecule has 5 nitrogen and oxygen atoms in total. The van der Waals surface area contributed by atoms with Crippen LogP contribution in [0.2, 0.25) is 0 Å². The number of halogens is 2. The molecule has 2 aromatic carbocycles. The summed E-state index contributed by atoms with van der Waals surface area (Å²) in [6.45, 7) is 0. The highest BCUT2D eigenvalue weighted by Crippen LogP contribution is 2.38. The number of rotatable bonds is 3. The molecule has 0 radical (unpaired) electrons. The van der Waals surface area contributed by atoms with Gasteiger partial charge in [-0.15, -0.1) is 0 Å². The van der Waals surface area contributed by atoms with E-state index in [2.05, 4.69) is 0 Å². The summed E-state index contributed by atoms with van der Waals surface area (Å²) in [7, 11) is 0. The van der Waals surface area contributed by atoms with Crippen molar-refractivity contribution in [3.63, 3.8) is 0 Å². The molecule has 0 aliphatic rings. The molecule has 0 bridgehead atoms. The van der Waals surface area contributed by atoms with Gasteiger partial charge in [0.2, 0.25) is 11.6 Å². The molecule has 0 amide bonds. The van der Waals surface area contributed by atoms with Crippen LogP contribution in [0.15, 0.2) is 36.4 Å². The number of phenolic OH excluding ortho intramolecular Hbond substituents is 1. The fraction of sp³-hybridized carbons (Fsp3) is 0. The van der Waals surface area contributed by atoms with Gasteiger partial charge in [0.1, 0.15) is 0 Å². The summed E-state index contributed by atoms with van der Waals surface area (Å²) in [5.41, 5.74) is -0.734. The summed E-state index contributed by atoms with van der Waals surface area (Å²) in [4.78, 5) is 9.83. The van der Waals surface area contributed by atoms with Crippen molar-refractivity contribution >= 4 is 5.69 Å². The molecule has 0 spiro atoms. The van der Waals surface area contributed by atoms with Gasteiger partial charge in [-0.1, -0.05) is 12.1 Å². The first kappa shape index (κ1) is 12.7. The lowest BCUT2D eigenvalue weighted by molar-refractivity contribution is -0.385. The lowest BCUT2D eigenvalue weighted by Gasteiger charge is -2.08. The summed E-state index contributed by atoms with van der Waals surface area (Å²) in [5, 5.41) is 20.2. The van der Waals surface area contributed by atoms with Crippen LogP contribution in [0, 0.1) is 21.7 Å². The predicted octanol–water partition coefficient (Wildman–Crippen LogP) is 3.37. The van der Waals surface area contributed by atoms with Crippen LogP contribution >= 0.6 is 0 Å². The van der Waals surface area contributed by atoms with Gasteiger partial charge in [0.25, 0.3) is 0 Å². The van der Waals surface area contributed by atoms with Crippen molar-refractivity contribution in [2.24, 2.45) is 0 Å². The third-order valence-corrected chi connectivity index (χ3v) is 2.30. The topological polar surface area (TPSA) is 72.6 Å². The quantitative estimate of drug-likeness (QED) is 0.683. The lowest BCUT2D eigenvalue weighted by atomic mass is 10.2. The second kappa shape index (κ2) is 4.89. The smallest absolute Gasteiger partial charge is 0.314 e. The van der Waals surface area contributed by atoms with Gasteiger partial charge in [0.05, 0.1) is 4.92 Å². The molecule has 0 aliphatic heterocycles. The molecular weight excluding hydrogens is 260 g/mol. The number of nitrogens with zero attached hydrogens (tertiary/aromatic N) is 1. The molecule has 0 aromatic heterocycles. The Bertz CT molecular complexity index is 646. The minimum atomic E-state index is -1.49. The fourth-order valence-corrected chi connectivity index (χ4v) is 1.42. The Morgan fingerprint density at radius 3 is 2.47 bits per heavy atom. The Morgan fingerprint density at radius 1 is 1.16 bits per heavy atom. The van der Waals surface area contributed by atoms with E-state index in [4.69, 9.17) is 4.74 Å². The molecule has 0 atom stereocenters. The monoisotopic (exact) mass is 267 g/mol. The second-order valence-corrected chi connectivity index (χ2v) is 3.54. The average molecular weight is 267 g/mol. The van der Waals surface area contributed by atoms with Crippen LogP contribution in [-0.4, -0.2) is 10.0 Å². The molecule has 0 saturated heterocycles. The average Bonchev–Trinajstić information content (AvgIpc) is 2.37. The molecule has 0 fully saturated rings. The number of ether oxygens (including phenoxy) is 1. The van der Waals surface area contributed by atoms with Crippen LogP contribution in [0.4, 0.5) is 14.5 Å². The zero-order valence-corrected chi connectivity index (χ0v) is 9.34. The zero-order chi connectivity index (χ0) is 14.0. The molecule has 2 aromatic rings. The SMILES string of the molecule is O=[N+]([O-])c1ccc(F)c(F)c1Oc1ccccc1O. The molecule has 1 N–H and O–H groups in total. The second-order valence-electron chi connectivity index (χ2n) is 3.54. The maximum Gasteiger partial charge on any atom is 0.314 e. The van der Waals surface area contributed by atoms with Crippen LogP contribution in [0.1, 0.15) is 0 Å². The van der Waals surface area contributed by atoms with E-state index >= 15 is 0 Å². The van der Waals surface area contributed by atoms with Crippen molar-refractivity contribution in [3.05, 3.63) is 58.1 Å². The van der Waals surface area contributed by atoms with E-state index in [0.29, 0.717) is 6.07 Å². The molecular formula is C12H7F2NO4. The van der Waals surface area contributed by atoms with Gasteiger partial charge < -0.3 is 9.84 Å². The van der Waals surface area contributed by atoms with Crippen LogP contribution < -0.4 is 4.74 Å². The fourth-order valence-electron chi connectivity index (χ4n) is 1.42. The normalized spacial score (nSPS) is 10.2. The highest BCUT2D eigenvalue weighted by molar-refractivity contribution is 5.51. The van der Waals surface area contributed by atoms with E-state index in [1.807, 2.05) is 0 Å². The van der Waals surface area contributed by atoms with Crippen LogP contribution in [0.3, 0.4) is 0 Å². The van der Waals surface area contributed by atoms with Gasteiger partial charge in [0, 0.05) is 6.07 Å². The van der Waals surface area contributed by atoms with Gasteiger partial charge in [0.15, 0.2) is 17.3 Å². The highest BCUT2D eigenvalue weighted by atomic mass is 19.2. The molecule has 19 heavy (non-hydrogen) atoms. The summed E-state index contributed by atoms with van der Waals surface area (Å²) in [6, 6.07) is 6.89. The Morgan fingerprint density at radius 2 is 1.84 bits per heavy atom. The first-order valence-electron chi connectivity index (χ1n) is 5.09. The molecule has 0 saturated carbocycles. The number of para-hydroxylation sites is 2. The first-order valence-corrected chi connectivity index (χ1v) is 5.09. The maximum atomic E-state index is 13.6. The number of benzene rings is 2. The van der Waals surface area contributed by atoms with Gasteiger partial charge >= 0.3 is 5.69 Å². The molecule has 0 unspecified atom stereocenters. The Kier molecular flexibility index (Phi) is 3.28. The zero-order valence-electron chi connectivity index (χ0n) is 9.34. The van der Waals surface area contributed by atoms with Crippen molar-refractivity contribution in [2.75, 3.05) is 0 Å². The predicted molar refractivity (Wildman–Crippen MR) is 61.2 cm³/mol. The summed E-state index contributed by atoms with van der Waals surface area (Å²) < 4.78 is 31.5. The summed E-state index contributed by atoms with van der Waals surface area (Å²) in [5.74, 6) is -4.21. The van der Waals surface area contributed by atoms with Crippen LogP contribution in [-0.2, 0) is 0 Å². The van der Waals surface area contributed by atoms with Gasteiger partial charge in [-0.3, -0.25) is 10.1 Å². The third kappa shape index (κ3) is 2.44. The standard InChI is InChI=1S/C12H7F2NO4/c13-7-5-6-8(15(17)18)12(11(7)14)19-10-4-2-1-3-9(10)16/h1-6,16H. The molecule has 98 valence electrons. The summed E-state index contributed by atoms with van der Waals surface area (Å²) in [6.07, 6.45) is 0. The van der Waals surface area contributed by atoms with Crippen molar-refractivity contribution in [1.82, 2.24) is 0 Å². The Balaban J connectivity index is 2.53. The third-order valence-electron chi connectivity index (χ3n) is 2.30. The number of nitro groups is 1. The van der Waals surface area contributed by atoms with Crippen molar-refractivity contribution in [1.29, 1.82) is 0 Å². The van der Waals surface area contributed by atoms with Crippen molar-refractivity contribution in [2.45, 2.75) is 0 Å².